The summed E-state index contributed by atoms with van der Waals surface area (Å²) < 4.78 is 0. The summed E-state index contributed by atoms with van der Waals surface area (Å²) in [7, 11) is 0. The van der Waals surface area contributed by atoms with Gasteiger partial charge >= 0.3 is 0 Å². The maximum atomic E-state index is 4.58. The van der Waals surface area contributed by atoms with Crippen LogP contribution in [-0.4, -0.2) is 34.3 Å². The maximum absolute atomic E-state index is 4.58. The van der Waals surface area contributed by atoms with Crippen molar-refractivity contribution in [1.82, 2.24) is 15.0 Å². The number of rotatable bonds is 6. The van der Waals surface area contributed by atoms with Gasteiger partial charge in [-0.25, -0.2) is 5.43 Å². The van der Waals surface area contributed by atoms with Gasteiger partial charge in [-0.15, -0.1) is 0 Å². The van der Waals surface area contributed by atoms with Crippen molar-refractivity contribution in [2.24, 2.45) is 5.10 Å². The van der Waals surface area contributed by atoms with Crippen molar-refractivity contribution in [1.29, 1.82) is 0 Å². The Bertz CT molecular complexity index is 1110. The lowest BCUT2D eigenvalue weighted by Gasteiger charge is -2.30. The van der Waals surface area contributed by atoms with Crippen LogP contribution in [-0.2, 0) is 6.42 Å². The van der Waals surface area contributed by atoms with E-state index in [4.69, 9.17) is 0 Å². The number of nitrogens with zero attached hydrogens (tertiary/aromatic N) is 5. The molecule has 30 heavy (non-hydrogen) atoms. The van der Waals surface area contributed by atoms with Crippen molar-refractivity contribution in [3.8, 4) is 0 Å². The summed E-state index contributed by atoms with van der Waals surface area (Å²) >= 11 is 0. The van der Waals surface area contributed by atoms with Crippen molar-refractivity contribution in [3.05, 3.63) is 71.3 Å². The second-order valence-corrected chi connectivity index (χ2v) is 7.50. The zero-order valence-electron chi connectivity index (χ0n) is 16.8. The third kappa shape index (κ3) is 3.87. The quantitative estimate of drug-likeness (QED) is 0.480. The van der Waals surface area contributed by atoms with Gasteiger partial charge < -0.3 is 10.2 Å². The summed E-state index contributed by atoms with van der Waals surface area (Å²) in [4.78, 5) is 15.7. The monoisotopic (exact) mass is 397 g/mol. The Balaban J connectivity index is 1.35. The smallest absolute Gasteiger partial charge is 0.250 e. The SMILES string of the molecule is Cc1ccc(Nc2nc(N/N=C/C3=CCc4ccccc43)nc(N3CCC3)n2)cc1. The first-order valence-corrected chi connectivity index (χ1v) is 10.2. The number of benzene rings is 2. The van der Waals surface area contributed by atoms with Gasteiger partial charge in [0.05, 0.1) is 6.21 Å². The Hall–Kier alpha value is -3.74. The molecular formula is C23H23N7. The third-order valence-electron chi connectivity index (χ3n) is 5.31. The van der Waals surface area contributed by atoms with E-state index >= 15 is 0 Å². The van der Waals surface area contributed by atoms with E-state index in [1.54, 1.807) is 0 Å². The molecule has 5 rings (SSSR count). The highest BCUT2D eigenvalue weighted by Gasteiger charge is 2.19. The molecule has 2 aromatic carbocycles. The number of hydrogen-bond acceptors (Lipinski definition) is 7. The average molecular weight is 397 g/mol. The topological polar surface area (TPSA) is 78.3 Å². The fourth-order valence-corrected chi connectivity index (χ4v) is 3.49. The van der Waals surface area contributed by atoms with Crippen LogP contribution in [0, 0.1) is 6.92 Å². The first-order chi connectivity index (χ1) is 14.7. The average Bonchev–Trinajstić information content (AvgIpc) is 3.12. The maximum Gasteiger partial charge on any atom is 0.250 e. The van der Waals surface area contributed by atoms with Gasteiger partial charge in [-0.3, -0.25) is 0 Å². The minimum Gasteiger partial charge on any atom is -0.340 e. The van der Waals surface area contributed by atoms with E-state index in [9.17, 15) is 0 Å². The Morgan fingerprint density at radius 2 is 1.77 bits per heavy atom. The molecule has 7 heteroatoms. The number of fused-ring (bicyclic) bond motifs is 1. The van der Waals surface area contributed by atoms with Gasteiger partial charge in [0, 0.05) is 18.8 Å². The molecule has 0 radical (unpaired) electrons. The van der Waals surface area contributed by atoms with E-state index in [-0.39, 0.29) is 0 Å². The summed E-state index contributed by atoms with van der Waals surface area (Å²) in [5.74, 6) is 1.58. The number of aromatic nitrogens is 3. The molecule has 0 unspecified atom stereocenters. The summed E-state index contributed by atoms with van der Waals surface area (Å²) in [6, 6.07) is 16.5. The minimum atomic E-state index is 0.421. The van der Waals surface area contributed by atoms with E-state index < -0.39 is 0 Å². The number of nitrogens with one attached hydrogen (secondary N) is 2. The predicted octanol–water partition coefficient (Wildman–Crippen LogP) is 4.17. The molecule has 2 N–H and O–H groups in total. The first kappa shape index (κ1) is 18.3. The Morgan fingerprint density at radius 1 is 0.967 bits per heavy atom. The molecule has 0 atom stereocenters. The van der Waals surface area contributed by atoms with Gasteiger partial charge in [-0.05, 0) is 48.6 Å². The van der Waals surface area contributed by atoms with Crippen LogP contribution in [0.3, 0.4) is 0 Å². The molecular weight excluding hydrogens is 374 g/mol. The van der Waals surface area contributed by atoms with Crippen molar-refractivity contribution in [2.75, 3.05) is 28.7 Å². The third-order valence-corrected chi connectivity index (χ3v) is 5.31. The second kappa shape index (κ2) is 7.94. The van der Waals surface area contributed by atoms with Gasteiger partial charge in [-0.1, -0.05) is 48.0 Å². The minimum absolute atomic E-state index is 0.421. The summed E-state index contributed by atoms with van der Waals surface area (Å²) in [5.41, 5.74) is 8.77. The summed E-state index contributed by atoms with van der Waals surface area (Å²) in [6.07, 6.45) is 6.10. The van der Waals surface area contributed by atoms with Crippen molar-refractivity contribution in [3.63, 3.8) is 0 Å². The normalized spacial score (nSPS) is 15.0. The van der Waals surface area contributed by atoms with Crippen LogP contribution in [0.5, 0.6) is 0 Å². The van der Waals surface area contributed by atoms with Crippen molar-refractivity contribution >= 4 is 35.3 Å². The molecule has 7 nitrogen and oxygen atoms in total. The molecule has 150 valence electrons. The lowest BCUT2D eigenvalue weighted by molar-refractivity contribution is 0.599. The number of hydrogen-bond donors (Lipinski definition) is 2. The van der Waals surface area contributed by atoms with Crippen molar-refractivity contribution in [2.45, 2.75) is 19.8 Å². The molecule has 2 heterocycles. The zero-order valence-corrected chi connectivity index (χ0v) is 16.8. The first-order valence-electron chi connectivity index (χ1n) is 10.2. The van der Waals surface area contributed by atoms with E-state index in [1.165, 1.54) is 16.7 Å². The summed E-state index contributed by atoms with van der Waals surface area (Å²) in [5, 5.41) is 7.65. The predicted molar refractivity (Wildman–Crippen MR) is 121 cm³/mol. The molecule has 0 saturated carbocycles. The standard InChI is InChI=1S/C23H23N7/c1-16-7-11-19(12-8-16)25-21-26-22(28-23(27-21)30-13-4-14-30)29-24-15-18-10-9-17-5-2-3-6-20(17)18/h2-3,5-8,10-12,15H,4,9,13-14H2,1H3,(H2,25,26,27,28,29)/b24-15+. The van der Waals surface area contributed by atoms with E-state index in [0.29, 0.717) is 17.8 Å². The number of anilines is 4. The second-order valence-electron chi connectivity index (χ2n) is 7.50. The van der Waals surface area contributed by atoms with E-state index in [0.717, 1.165) is 37.2 Å². The van der Waals surface area contributed by atoms with Crippen LogP contribution < -0.4 is 15.6 Å². The van der Waals surface area contributed by atoms with Gasteiger partial charge in [-0.2, -0.15) is 20.1 Å². The van der Waals surface area contributed by atoms with E-state index in [1.807, 2.05) is 24.4 Å². The molecule has 1 saturated heterocycles. The van der Waals surface area contributed by atoms with Crippen LogP contribution in [0.4, 0.5) is 23.5 Å². The number of aryl methyl sites for hydroxylation is 1. The highest BCUT2D eigenvalue weighted by atomic mass is 15.4. The van der Waals surface area contributed by atoms with Crippen molar-refractivity contribution < 1.29 is 0 Å². The largest absolute Gasteiger partial charge is 0.340 e. The molecule has 0 amide bonds. The molecule has 1 aliphatic carbocycles. The molecule has 3 aromatic rings. The molecule has 2 aliphatic rings. The highest BCUT2D eigenvalue weighted by molar-refractivity contribution is 6.11. The van der Waals surface area contributed by atoms with Crippen LogP contribution in [0.15, 0.2) is 59.7 Å². The molecule has 1 aromatic heterocycles. The molecule has 0 bridgehead atoms. The Kier molecular flexibility index (Phi) is 4.85. The number of hydrazone groups is 1. The fourth-order valence-electron chi connectivity index (χ4n) is 3.49. The molecule has 0 spiro atoms. The van der Waals surface area contributed by atoms with Gasteiger partial charge in [0.25, 0.3) is 0 Å². The van der Waals surface area contributed by atoms with Crippen LogP contribution in [0.1, 0.15) is 23.1 Å². The van der Waals surface area contributed by atoms with Crippen LogP contribution >= 0.6 is 0 Å². The van der Waals surface area contributed by atoms with Crippen LogP contribution in [0.2, 0.25) is 0 Å². The number of allylic oxidation sites excluding steroid dienone is 2. The lowest BCUT2D eigenvalue weighted by atomic mass is 10.1. The zero-order chi connectivity index (χ0) is 20.3. The van der Waals surface area contributed by atoms with Crippen LogP contribution in [0.25, 0.3) is 5.57 Å². The van der Waals surface area contributed by atoms with Gasteiger partial charge in [0.15, 0.2) is 0 Å². The molecule has 1 aliphatic heterocycles. The lowest BCUT2D eigenvalue weighted by Crippen LogP contribution is -2.38. The van der Waals surface area contributed by atoms with Gasteiger partial charge in [0.1, 0.15) is 0 Å². The van der Waals surface area contributed by atoms with Gasteiger partial charge in [0.2, 0.25) is 17.8 Å². The fraction of sp³-hybridized carbons (Fsp3) is 0.217. The summed E-state index contributed by atoms with van der Waals surface area (Å²) in [6.45, 7) is 3.98. The van der Waals surface area contributed by atoms with E-state index in [2.05, 4.69) is 79.0 Å². The highest BCUT2D eigenvalue weighted by Crippen LogP contribution is 2.26. The molecule has 1 fully saturated rings. The Labute approximate surface area is 175 Å². The Morgan fingerprint density at radius 3 is 2.57 bits per heavy atom.